The number of carbonyl (C=O) groups excluding carboxylic acids is 3. The molecule has 0 radical (unpaired) electrons. The minimum Gasteiger partial charge on any atom is -0.350 e. The molecule has 0 spiro atoms. The molecule has 0 atom stereocenters. The standard InChI is InChI=1S/C15H13N3O3/c1-17-8-9(10-5-3-4-6-12(10)17)7-11-13(19)16-15(21)18(2)14(11)20/h3-8H,1-2H3,(H,16,19,21)/b11-7-. The van der Waals surface area contributed by atoms with E-state index in [1.54, 1.807) is 0 Å². The number of nitrogens with one attached hydrogen (secondary N) is 1. The van der Waals surface area contributed by atoms with E-state index in [0.29, 0.717) is 0 Å². The highest BCUT2D eigenvalue weighted by molar-refractivity contribution is 6.31. The summed E-state index contributed by atoms with van der Waals surface area (Å²) in [5, 5.41) is 3.07. The second-order valence-electron chi connectivity index (χ2n) is 4.89. The van der Waals surface area contributed by atoms with E-state index < -0.39 is 17.8 Å². The predicted molar refractivity (Wildman–Crippen MR) is 77.2 cm³/mol. The monoisotopic (exact) mass is 283 g/mol. The van der Waals surface area contributed by atoms with Crippen LogP contribution in [0.25, 0.3) is 17.0 Å². The number of rotatable bonds is 1. The van der Waals surface area contributed by atoms with Crippen LogP contribution in [-0.2, 0) is 16.6 Å². The first-order chi connectivity index (χ1) is 9.99. The molecule has 2 aromatic rings. The second kappa shape index (κ2) is 4.59. The average Bonchev–Trinajstić information content (AvgIpc) is 2.78. The molecular formula is C15H13N3O3. The van der Waals surface area contributed by atoms with E-state index in [-0.39, 0.29) is 5.57 Å². The maximum atomic E-state index is 12.1. The summed E-state index contributed by atoms with van der Waals surface area (Å²) in [6, 6.07) is 6.98. The quantitative estimate of drug-likeness (QED) is 0.633. The van der Waals surface area contributed by atoms with Crippen LogP contribution in [-0.4, -0.2) is 34.4 Å². The third-order valence-corrected chi connectivity index (χ3v) is 3.53. The van der Waals surface area contributed by atoms with E-state index in [2.05, 4.69) is 5.32 Å². The number of likely N-dealkylation sites (N-methyl/N-ethyl adjacent to an activating group) is 1. The fourth-order valence-corrected chi connectivity index (χ4v) is 2.39. The summed E-state index contributed by atoms with van der Waals surface area (Å²) < 4.78 is 1.92. The van der Waals surface area contributed by atoms with Crippen molar-refractivity contribution >= 4 is 34.8 Å². The van der Waals surface area contributed by atoms with Gasteiger partial charge in [0.15, 0.2) is 0 Å². The second-order valence-corrected chi connectivity index (χ2v) is 4.89. The third-order valence-electron chi connectivity index (χ3n) is 3.53. The minimum absolute atomic E-state index is 0.0477. The molecule has 1 saturated heterocycles. The summed E-state index contributed by atoms with van der Waals surface area (Å²) in [5.41, 5.74) is 1.71. The number of fused-ring (bicyclic) bond motifs is 1. The van der Waals surface area contributed by atoms with Crippen molar-refractivity contribution in [3.8, 4) is 0 Å². The fraction of sp³-hybridized carbons (Fsp3) is 0.133. The molecule has 1 N–H and O–H groups in total. The van der Waals surface area contributed by atoms with Crippen molar-refractivity contribution < 1.29 is 14.4 Å². The molecule has 3 rings (SSSR count). The highest BCUT2D eigenvalue weighted by Crippen LogP contribution is 2.23. The SMILES string of the molecule is CN1C(=O)NC(=O)/C(=C/c2cn(C)c3ccccc23)C1=O. The van der Waals surface area contributed by atoms with Crippen molar-refractivity contribution in [2.45, 2.75) is 0 Å². The van der Waals surface area contributed by atoms with E-state index >= 15 is 0 Å². The fourth-order valence-electron chi connectivity index (χ4n) is 2.39. The predicted octanol–water partition coefficient (Wildman–Crippen LogP) is 1.27. The smallest absolute Gasteiger partial charge is 0.331 e. The molecule has 1 aliphatic heterocycles. The zero-order valence-electron chi connectivity index (χ0n) is 11.6. The van der Waals surface area contributed by atoms with Crippen LogP contribution in [0.5, 0.6) is 0 Å². The Bertz CT molecular complexity index is 817. The highest BCUT2D eigenvalue weighted by Gasteiger charge is 2.33. The van der Waals surface area contributed by atoms with Crippen LogP contribution in [0.15, 0.2) is 36.0 Å². The zero-order valence-corrected chi connectivity index (χ0v) is 11.6. The Kier molecular flexibility index (Phi) is 2.86. The van der Waals surface area contributed by atoms with Crippen LogP contribution in [0.3, 0.4) is 0 Å². The van der Waals surface area contributed by atoms with Gasteiger partial charge in [-0.2, -0.15) is 0 Å². The maximum Gasteiger partial charge on any atom is 0.331 e. The number of amides is 4. The van der Waals surface area contributed by atoms with Gasteiger partial charge in [0.2, 0.25) is 0 Å². The molecule has 0 unspecified atom stereocenters. The summed E-state index contributed by atoms with van der Waals surface area (Å²) in [6.07, 6.45) is 3.36. The molecule has 1 aliphatic rings. The lowest BCUT2D eigenvalue weighted by atomic mass is 10.1. The van der Waals surface area contributed by atoms with E-state index in [9.17, 15) is 14.4 Å². The Morgan fingerprint density at radius 2 is 1.81 bits per heavy atom. The molecule has 6 nitrogen and oxygen atoms in total. The van der Waals surface area contributed by atoms with Crippen LogP contribution >= 0.6 is 0 Å². The topological polar surface area (TPSA) is 71.4 Å². The minimum atomic E-state index is -0.708. The van der Waals surface area contributed by atoms with E-state index in [1.807, 2.05) is 42.1 Å². The summed E-state index contributed by atoms with van der Waals surface area (Å²) in [5.74, 6) is -1.27. The van der Waals surface area contributed by atoms with Crippen LogP contribution in [0.1, 0.15) is 5.56 Å². The van der Waals surface area contributed by atoms with Gasteiger partial charge in [-0.25, -0.2) is 4.79 Å². The molecule has 1 fully saturated rings. The first-order valence-corrected chi connectivity index (χ1v) is 6.38. The van der Waals surface area contributed by atoms with Crippen molar-refractivity contribution in [1.29, 1.82) is 0 Å². The number of benzene rings is 1. The Labute approximate surface area is 120 Å². The van der Waals surface area contributed by atoms with Crippen molar-refractivity contribution in [2.24, 2.45) is 7.05 Å². The number of hydrogen-bond donors (Lipinski definition) is 1. The van der Waals surface area contributed by atoms with Gasteiger partial charge in [0, 0.05) is 36.8 Å². The van der Waals surface area contributed by atoms with Gasteiger partial charge in [0.05, 0.1) is 0 Å². The Morgan fingerprint density at radius 3 is 2.57 bits per heavy atom. The maximum absolute atomic E-state index is 12.1. The molecule has 0 saturated carbocycles. The summed E-state index contributed by atoms with van der Waals surface area (Å²) in [4.78, 5) is 36.2. The number of urea groups is 1. The average molecular weight is 283 g/mol. The highest BCUT2D eigenvalue weighted by atomic mass is 16.2. The Hall–Kier alpha value is -2.89. The van der Waals surface area contributed by atoms with Crippen LogP contribution in [0.2, 0.25) is 0 Å². The van der Waals surface area contributed by atoms with Gasteiger partial charge in [-0.05, 0) is 12.1 Å². The van der Waals surface area contributed by atoms with Gasteiger partial charge in [-0.1, -0.05) is 18.2 Å². The van der Waals surface area contributed by atoms with E-state index in [0.717, 1.165) is 21.4 Å². The van der Waals surface area contributed by atoms with Crippen molar-refractivity contribution in [1.82, 2.24) is 14.8 Å². The molecule has 1 aromatic carbocycles. The van der Waals surface area contributed by atoms with E-state index in [4.69, 9.17) is 0 Å². The molecule has 4 amide bonds. The summed E-state index contributed by atoms with van der Waals surface area (Å²) in [7, 11) is 3.23. The van der Waals surface area contributed by atoms with Gasteiger partial charge in [0.1, 0.15) is 5.57 Å². The third kappa shape index (κ3) is 2.01. The van der Waals surface area contributed by atoms with Crippen molar-refractivity contribution in [3.63, 3.8) is 0 Å². The van der Waals surface area contributed by atoms with Crippen molar-refractivity contribution in [3.05, 3.63) is 41.6 Å². The number of aryl methyl sites for hydroxylation is 1. The van der Waals surface area contributed by atoms with Crippen LogP contribution in [0.4, 0.5) is 4.79 Å². The lowest BCUT2D eigenvalue weighted by Gasteiger charge is -2.22. The largest absolute Gasteiger partial charge is 0.350 e. The van der Waals surface area contributed by atoms with Gasteiger partial charge in [0.25, 0.3) is 11.8 Å². The van der Waals surface area contributed by atoms with Gasteiger partial charge >= 0.3 is 6.03 Å². The number of aromatic nitrogens is 1. The number of para-hydroxylation sites is 1. The molecule has 2 heterocycles. The Morgan fingerprint density at radius 1 is 1.10 bits per heavy atom. The number of imide groups is 2. The first-order valence-electron chi connectivity index (χ1n) is 6.38. The summed E-state index contributed by atoms with van der Waals surface area (Å²) >= 11 is 0. The van der Waals surface area contributed by atoms with E-state index in [1.165, 1.54) is 13.1 Å². The molecule has 6 heteroatoms. The lowest BCUT2D eigenvalue weighted by Crippen LogP contribution is -2.52. The summed E-state index contributed by atoms with van der Waals surface area (Å²) in [6.45, 7) is 0. The number of carbonyl (C=O) groups is 3. The van der Waals surface area contributed by atoms with Crippen molar-refractivity contribution in [2.75, 3.05) is 7.05 Å². The number of barbiturate groups is 1. The molecule has 106 valence electrons. The molecular weight excluding hydrogens is 270 g/mol. The number of nitrogens with zero attached hydrogens (tertiary/aromatic N) is 2. The molecule has 1 aromatic heterocycles. The normalized spacial score (nSPS) is 17.7. The van der Waals surface area contributed by atoms with Gasteiger partial charge in [-0.3, -0.25) is 19.8 Å². The molecule has 0 bridgehead atoms. The first kappa shape index (κ1) is 13.1. The number of hydrogen-bond acceptors (Lipinski definition) is 3. The Balaban J connectivity index is 2.13. The van der Waals surface area contributed by atoms with Crippen LogP contribution in [0, 0.1) is 0 Å². The van der Waals surface area contributed by atoms with Gasteiger partial charge in [-0.15, -0.1) is 0 Å². The lowest BCUT2D eigenvalue weighted by molar-refractivity contribution is -0.129. The molecule has 0 aliphatic carbocycles. The zero-order chi connectivity index (χ0) is 15.1. The van der Waals surface area contributed by atoms with Crippen LogP contribution < -0.4 is 5.32 Å². The molecule has 21 heavy (non-hydrogen) atoms. The van der Waals surface area contributed by atoms with Gasteiger partial charge < -0.3 is 4.57 Å².